The molecular formula is C19H17ClN4O3S. The number of carbonyl (C=O) groups excluding carboxylic acids is 1. The lowest BCUT2D eigenvalue weighted by atomic mass is 10.3. The van der Waals surface area contributed by atoms with Crippen LogP contribution in [-0.2, 0) is 4.79 Å². The molecule has 1 unspecified atom stereocenters. The molecule has 0 saturated heterocycles. The van der Waals surface area contributed by atoms with E-state index in [-0.39, 0.29) is 16.8 Å². The Morgan fingerprint density at radius 1 is 1.25 bits per heavy atom. The largest absolute Gasteiger partial charge is 0.310 e. The van der Waals surface area contributed by atoms with Crippen molar-refractivity contribution in [1.82, 2.24) is 9.78 Å². The summed E-state index contributed by atoms with van der Waals surface area (Å²) in [5.41, 5.74) is 1.31. The summed E-state index contributed by atoms with van der Waals surface area (Å²) in [5, 5.41) is 18.3. The Balaban J connectivity index is 1.78. The Labute approximate surface area is 170 Å². The zero-order valence-electron chi connectivity index (χ0n) is 15.1. The van der Waals surface area contributed by atoms with Gasteiger partial charge in [0, 0.05) is 23.1 Å². The zero-order chi connectivity index (χ0) is 20.3. The average molecular weight is 417 g/mol. The molecule has 1 atom stereocenters. The molecular weight excluding hydrogens is 400 g/mol. The van der Waals surface area contributed by atoms with Crippen molar-refractivity contribution in [3.63, 3.8) is 0 Å². The van der Waals surface area contributed by atoms with Gasteiger partial charge in [0.25, 0.3) is 5.69 Å². The molecule has 28 heavy (non-hydrogen) atoms. The Hall–Kier alpha value is -2.84. The first-order valence-electron chi connectivity index (χ1n) is 8.38. The highest BCUT2D eigenvalue weighted by Gasteiger charge is 2.19. The van der Waals surface area contributed by atoms with Crippen molar-refractivity contribution < 1.29 is 9.72 Å². The highest BCUT2D eigenvalue weighted by atomic mass is 35.5. The van der Waals surface area contributed by atoms with Crippen LogP contribution in [0.2, 0.25) is 5.02 Å². The number of thioether (sulfide) groups is 1. The van der Waals surface area contributed by atoms with Gasteiger partial charge >= 0.3 is 0 Å². The third-order valence-electron chi connectivity index (χ3n) is 3.90. The molecule has 0 radical (unpaired) electrons. The summed E-state index contributed by atoms with van der Waals surface area (Å²) in [4.78, 5) is 23.8. The van der Waals surface area contributed by atoms with Crippen LogP contribution in [0.4, 0.5) is 11.5 Å². The zero-order valence-corrected chi connectivity index (χ0v) is 16.7. The second-order valence-electron chi connectivity index (χ2n) is 6.04. The molecule has 0 aliphatic heterocycles. The predicted molar refractivity (Wildman–Crippen MR) is 110 cm³/mol. The fraction of sp³-hybridized carbons (Fsp3) is 0.158. The second kappa shape index (κ2) is 8.45. The van der Waals surface area contributed by atoms with Gasteiger partial charge < -0.3 is 5.32 Å². The van der Waals surface area contributed by atoms with Gasteiger partial charge in [0.15, 0.2) is 0 Å². The molecule has 1 N–H and O–H groups in total. The monoisotopic (exact) mass is 416 g/mol. The summed E-state index contributed by atoms with van der Waals surface area (Å²) in [6, 6.07) is 15.1. The van der Waals surface area contributed by atoms with Crippen LogP contribution in [-0.4, -0.2) is 25.9 Å². The molecule has 0 bridgehead atoms. The fourth-order valence-electron chi connectivity index (χ4n) is 2.51. The first-order valence-corrected chi connectivity index (χ1v) is 9.64. The summed E-state index contributed by atoms with van der Waals surface area (Å²) in [7, 11) is 0. The minimum absolute atomic E-state index is 0.0111. The van der Waals surface area contributed by atoms with E-state index in [1.165, 1.54) is 23.9 Å². The molecule has 0 aliphatic rings. The number of nitrogens with zero attached hydrogens (tertiary/aromatic N) is 3. The van der Waals surface area contributed by atoms with Crippen LogP contribution >= 0.6 is 23.4 Å². The van der Waals surface area contributed by atoms with E-state index in [1.807, 2.05) is 18.2 Å². The minimum atomic E-state index is -0.464. The number of aryl methyl sites for hydroxylation is 1. The van der Waals surface area contributed by atoms with Gasteiger partial charge in [-0.15, -0.1) is 11.8 Å². The van der Waals surface area contributed by atoms with E-state index in [4.69, 9.17) is 11.6 Å². The number of rotatable bonds is 6. The number of amides is 1. The molecule has 144 valence electrons. The third kappa shape index (κ3) is 4.52. The number of nitro groups is 1. The molecule has 1 amide bonds. The number of halogens is 1. The molecule has 0 saturated carbocycles. The van der Waals surface area contributed by atoms with Crippen molar-refractivity contribution in [3.8, 4) is 5.69 Å². The van der Waals surface area contributed by atoms with Crippen LogP contribution in [0.3, 0.4) is 0 Å². The van der Waals surface area contributed by atoms with E-state index < -0.39 is 4.92 Å². The topological polar surface area (TPSA) is 90.1 Å². The predicted octanol–water partition coefficient (Wildman–Crippen LogP) is 4.86. The summed E-state index contributed by atoms with van der Waals surface area (Å²) in [6.07, 6.45) is 0. The van der Waals surface area contributed by atoms with Gasteiger partial charge in [-0.25, -0.2) is 4.68 Å². The Bertz CT molecular complexity index is 1020. The van der Waals surface area contributed by atoms with Gasteiger partial charge in [0.1, 0.15) is 5.82 Å². The standard InChI is InChI=1S/C19H17ClN4O3S/c1-12-11-18(23(22-12)14-7-9-15(10-8-14)24(26)27)21-19(25)13(2)28-17-6-4-3-5-16(17)20/h3-11,13H,1-2H3,(H,21,25). The quantitative estimate of drug-likeness (QED) is 0.352. The van der Waals surface area contributed by atoms with Gasteiger partial charge in [-0.1, -0.05) is 23.7 Å². The van der Waals surface area contributed by atoms with Crippen LogP contribution in [0.1, 0.15) is 12.6 Å². The molecule has 1 aromatic heterocycles. The van der Waals surface area contributed by atoms with Gasteiger partial charge in [-0.3, -0.25) is 14.9 Å². The van der Waals surface area contributed by atoms with Gasteiger partial charge in [-0.2, -0.15) is 5.10 Å². The third-order valence-corrected chi connectivity index (χ3v) is 5.52. The highest BCUT2D eigenvalue weighted by Crippen LogP contribution is 2.30. The molecule has 0 spiro atoms. The van der Waals surface area contributed by atoms with Crippen LogP contribution in [0.25, 0.3) is 5.69 Å². The summed E-state index contributed by atoms with van der Waals surface area (Å²) >= 11 is 7.52. The number of nitro benzene ring substituents is 1. The van der Waals surface area contributed by atoms with Crippen LogP contribution in [0, 0.1) is 17.0 Å². The maximum absolute atomic E-state index is 12.7. The van der Waals surface area contributed by atoms with Crippen molar-refractivity contribution in [1.29, 1.82) is 0 Å². The Morgan fingerprint density at radius 3 is 2.57 bits per heavy atom. The van der Waals surface area contributed by atoms with E-state index in [0.29, 0.717) is 22.2 Å². The van der Waals surface area contributed by atoms with E-state index in [0.717, 1.165) is 4.90 Å². The van der Waals surface area contributed by atoms with Crippen molar-refractivity contribution in [2.75, 3.05) is 5.32 Å². The summed E-state index contributed by atoms with van der Waals surface area (Å²) < 4.78 is 1.55. The number of carbonyl (C=O) groups is 1. The normalized spacial score (nSPS) is 11.8. The van der Waals surface area contributed by atoms with Crippen LogP contribution < -0.4 is 5.32 Å². The first kappa shape index (κ1) is 19.9. The van der Waals surface area contributed by atoms with Crippen LogP contribution in [0.5, 0.6) is 0 Å². The lowest BCUT2D eigenvalue weighted by Crippen LogP contribution is -2.24. The number of nitrogens with one attached hydrogen (secondary N) is 1. The number of anilines is 1. The number of benzene rings is 2. The molecule has 0 fully saturated rings. The second-order valence-corrected chi connectivity index (χ2v) is 7.83. The van der Waals surface area contributed by atoms with Gasteiger partial charge in [0.2, 0.25) is 5.91 Å². The maximum Gasteiger partial charge on any atom is 0.269 e. The number of hydrogen-bond donors (Lipinski definition) is 1. The van der Waals surface area contributed by atoms with Crippen molar-refractivity contribution in [2.45, 2.75) is 24.0 Å². The van der Waals surface area contributed by atoms with Crippen molar-refractivity contribution in [3.05, 3.63) is 75.4 Å². The number of hydrogen-bond acceptors (Lipinski definition) is 5. The molecule has 1 heterocycles. The van der Waals surface area contributed by atoms with Crippen molar-refractivity contribution in [2.24, 2.45) is 0 Å². The lowest BCUT2D eigenvalue weighted by Gasteiger charge is -2.14. The van der Waals surface area contributed by atoms with Gasteiger partial charge in [-0.05, 0) is 38.1 Å². The lowest BCUT2D eigenvalue weighted by molar-refractivity contribution is -0.384. The molecule has 2 aromatic carbocycles. The summed E-state index contributed by atoms with van der Waals surface area (Å²) in [5.74, 6) is 0.288. The highest BCUT2D eigenvalue weighted by molar-refractivity contribution is 8.00. The molecule has 3 aromatic rings. The molecule has 9 heteroatoms. The van der Waals surface area contributed by atoms with E-state index >= 15 is 0 Å². The smallest absolute Gasteiger partial charge is 0.269 e. The van der Waals surface area contributed by atoms with Gasteiger partial charge in [0.05, 0.1) is 26.6 Å². The fourth-order valence-corrected chi connectivity index (χ4v) is 3.67. The summed E-state index contributed by atoms with van der Waals surface area (Å²) in [6.45, 7) is 3.60. The van der Waals surface area contributed by atoms with Crippen LogP contribution in [0.15, 0.2) is 59.5 Å². The van der Waals surface area contributed by atoms with E-state index in [2.05, 4.69) is 10.4 Å². The Morgan fingerprint density at radius 2 is 1.93 bits per heavy atom. The number of aromatic nitrogens is 2. The van der Waals surface area contributed by atoms with E-state index in [9.17, 15) is 14.9 Å². The first-order chi connectivity index (χ1) is 13.3. The SMILES string of the molecule is Cc1cc(NC(=O)C(C)Sc2ccccc2Cl)n(-c2ccc([N+](=O)[O-])cc2)n1. The van der Waals surface area contributed by atoms with E-state index in [1.54, 1.807) is 42.8 Å². The molecule has 3 rings (SSSR count). The molecule has 0 aliphatic carbocycles. The maximum atomic E-state index is 12.7. The number of non-ortho nitro benzene ring substituents is 1. The minimum Gasteiger partial charge on any atom is -0.310 e. The Kier molecular flexibility index (Phi) is 6.01. The molecule has 7 nitrogen and oxygen atoms in total. The average Bonchev–Trinajstić information content (AvgIpc) is 3.03. The van der Waals surface area contributed by atoms with Crippen molar-refractivity contribution >= 4 is 40.8 Å².